The predicted octanol–water partition coefficient (Wildman–Crippen LogP) is 0.136. The van der Waals surface area contributed by atoms with Crippen LogP contribution < -0.4 is 11.5 Å². The average molecular weight is 240 g/mol. The minimum Gasteiger partial charge on any atom is -0.330 e. The average Bonchev–Trinajstić information content (AvgIpc) is 3.06. The van der Waals surface area contributed by atoms with E-state index in [4.69, 9.17) is 11.5 Å². The first kappa shape index (κ1) is 11.6. The maximum absolute atomic E-state index is 12.2. The Morgan fingerprint density at radius 3 is 2.19 bits per heavy atom. The van der Waals surface area contributed by atoms with E-state index in [1.807, 2.05) is 0 Å². The number of nitrogens with two attached hydrogens (primary N) is 2. The molecular formula is C11H16N2O2S. The van der Waals surface area contributed by atoms with Crippen LogP contribution in [0.2, 0.25) is 0 Å². The van der Waals surface area contributed by atoms with Gasteiger partial charge in [0.05, 0.1) is 10.1 Å². The second kappa shape index (κ2) is 3.84. The zero-order valence-corrected chi connectivity index (χ0v) is 9.78. The van der Waals surface area contributed by atoms with Crippen LogP contribution in [-0.2, 0) is 9.84 Å². The molecule has 2 rings (SSSR count). The summed E-state index contributed by atoms with van der Waals surface area (Å²) in [6.07, 6.45) is 0.581. The summed E-state index contributed by atoms with van der Waals surface area (Å²) in [5, 5.41) is -0.405. The third kappa shape index (κ3) is 1.65. The van der Waals surface area contributed by atoms with Crippen molar-refractivity contribution in [3.63, 3.8) is 0 Å². The number of benzene rings is 1. The van der Waals surface area contributed by atoms with Crippen LogP contribution in [0, 0.1) is 5.41 Å². The SMILES string of the molecule is NCC1(CN)C[C@H]1S(=O)(=O)c1ccccc1. The molecule has 0 spiro atoms. The lowest BCUT2D eigenvalue weighted by molar-refractivity contribution is 0.525. The van der Waals surface area contributed by atoms with Crippen molar-refractivity contribution < 1.29 is 8.42 Å². The Labute approximate surface area is 95.6 Å². The molecule has 1 aromatic carbocycles. The first-order valence-electron chi connectivity index (χ1n) is 5.26. The van der Waals surface area contributed by atoms with E-state index in [0.29, 0.717) is 24.4 Å². The summed E-state index contributed by atoms with van der Waals surface area (Å²) in [7, 11) is -3.26. The summed E-state index contributed by atoms with van der Waals surface area (Å²) in [5.74, 6) is 0. The van der Waals surface area contributed by atoms with Gasteiger partial charge in [0.25, 0.3) is 0 Å². The van der Waals surface area contributed by atoms with Gasteiger partial charge in [0.2, 0.25) is 0 Å². The summed E-state index contributed by atoms with van der Waals surface area (Å²) >= 11 is 0. The van der Waals surface area contributed by atoms with Crippen LogP contribution in [0.15, 0.2) is 35.2 Å². The van der Waals surface area contributed by atoms with Gasteiger partial charge in [-0.2, -0.15) is 0 Å². The highest BCUT2D eigenvalue weighted by molar-refractivity contribution is 7.92. The summed E-state index contributed by atoms with van der Waals surface area (Å²) < 4.78 is 24.4. The van der Waals surface area contributed by atoms with E-state index in [1.54, 1.807) is 30.3 Å². The van der Waals surface area contributed by atoms with E-state index in [2.05, 4.69) is 0 Å². The normalized spacial score (nSPS) is 23.0. The molecule has 1 atom stereocenters. The molecule has 1 saturated carbocycles. The molecule has 4 nitrogen and oxygen atoms in total. The Balaban J connectivity index is 2.30. The second-order valence-corrected chi connectivity index (χ2v) is 6.45. The van der Waals surface area contributed by atoms with Gasteiger partial charge in [0.15, 0.2) is 9.84 Å². The molecule has 88 valence electrons. The molecule has 1 aliphatic carbocycles. The Hall–Kier alpha value is -0.910. The molecule has 1 fully saturated rings. The van der Waals surface area contributed by atoms with Gasteiger partial charge in [-0.3, -0.25) is 0 Å². The lowest BCUT2D eigenvalue weighted by atomic mass is 10.1. The summed E-state index contributed by atoms with van der Waals surface area (Å²) in [6.45, 7) is 0.667. The van der Waals surface area contributed by atoms with Gasteiger partial charge in [-0.15, -0.1) is 0 Å². The summed E-state index contributed by atoms with van der Waals surface area (Å²) in [4.78, 5) is 0.365. The molecule has 1 aromatic rings. The smallest absolute Gasteiger partial charge is 0.181 e. The van der Waals surface area contributed by atoms with Crippen molar-refractivity contribution in [1.29, 1.82) is 0 Å². The van der Waals surface area contributed by atoms with Crippen LogP contribution in [-0.4, -0.2) is 26.8 Å². The third-order valence-electron chi connectivity index (χ3n) is 3.37. The first-order chi connectivity index (χ1) is 7.57. The van der Waals surface area contributed by atoms with Gasteiger partial charge < -0.3 is 11.5 Å². The molecule has 5 heteroatoms. The highest BCUT2D eigenvalue weighted by atomic mass is 32.2. The zero-order valence-electron chi connectivity index (χ0n) is 8.96. The highest BCUT2D eigenvalue weighted by Gasteiger charge is 2.59. The largest absolute Gasteiger partial charge is 0.330 e. The van der Waals surface area contributed by atoms with Crippen molar-refractivity contribution in [3.05, 3.63) is 30.3 Å². The van der Waals surface area contributed by atoms with Crippen molar-refractivity contribution >= 4 is 9.84 Å². The molecule has 0 radical (unpaired) electrons. The molecular weight excluding hydrogens is 224 g/mol. The second-order valence-electron chi connectivity index (χ2n) is 4.32. The summed E-state index contributed by atoms with van der Waals surface area (Å²) in [5.41, 5.74) is 10.8. The van der Waals surface area contributed by atoms with E-state index in [-0.39, 0.29) is 0 Å². The lowest BCUT2D eigenvalue weighted by Gasteiger charge is -2.12. The van der Waals surface area contributed by atoms with Crippen molar-refractivity contribution in [2.24, 2.45) is 16.9 Å². The van der Waals surface area contributed by atoms with Crippen LogP contribution >= 0.6 is 0 Å². The Morgan fingerprint density at radius 1 is 1.19 bits per heavy atom. The Kier molecular flexibility index (Phi) is 2.77. The van der Waals surface area contributed by atoms with Gasteiger partial charge >= 0.3 is 0 Å². The summed E-state index contributed by atoms with van der Waals surface area (Å²) in [6, 6.07) is 8.48. The van der Waals surface area contributed by atoms with E-state index >= 15 is 0 Å². The fourth-order valence-electron chi connectivity index (χ4n) is 2.04. The molecule has 0 unspecified atom stereocenters. The Morgan fingerprint density at radius 2 is 1.75 bits per heavy atom. The van der Waals surface area contributed by atoms with Crippen LogP contribution in [0.4, 0.5) is 0 Å². The third-order valence-corrected chi connectivity index (χ3v) is 5.72. The molecule has 16 heavy (non-hydrogen) atoms. The van der Waals surface area contributed by atoms with Crippen molar-refractivity contribution in [2.75, 3.05) is 13.1 Å². The molecule has 0 heterocycles. The lowest BCUT2D eigenvalue weighted by Crippen LogP contribution is -2.31. The van der Waals surface area contributed by atoms with E-state index in [1.165, 1.54) is 0 Å². The van der Waals surface area contributed by atoms with Crippen LogP contribution in [0.25, 0.3) is 0 Å². The van der Waals surface area contributed by atoms with Gasteiger partial charge in [-0.1, -0.05) is 18.2 Å². The van der Waals surface area contributed by atoms with Crippen LogP contribution in [0.3, 0.4) is 0 Å². The standard InChI is InChI=1S/C11H16N2O2S/c12-7-11(8-13)6-10(11)16(14,15)9-4-2-1-3-5-9/h1-5,10H,6-8,12-13H2/t10-/m1/s1. The first-order valence-corrected chi connectivity index (χ1v) is 6.80. The minimum absolute atomic E-state index is 0.334. The molecule has 0 aromatic heterocycles. The monoisotopic (exact) mass is 240 g/mol. The van der Waals surface area contributed by atoms with Gasteiger partial charge in [-0.05, 0) is 18.6 Å². The maximum Gasteiger partial charge on any atom is 0.181 e. The molecule has 0 saturated heterocycles. The number of hydrogen-bond donors (Lipinski definition) is 2. The molecule has 4 N–H and O–H groups in total. The predicted molar refractivity (Wildman–Crippen MR) is 62.6 cm³/mol. The number of sulfone groups is 1. The van der Waals surface area contributed by atoms with Gasteiger partial charge in [-0.25, -0.2) is 8.42 Å². The van der Waals surface area contributed by atoms with E-state index < -0.39 is 20.5 Å². The number of hydrogen-bond acceptors (Lipinski definition) is 4. The van der Waals surface area contributed by atoms with Crippen LogP contribution in [0.1, 0.15) is 6.42 Å². The fraction of sp³-hybridized carbons (Fsp3) is 0.455. The highest BCUT2D eigenvalue weighted by Crippen LogP contribution is 2.50. The molecule has 0 aliphatic heterocycles. The van der Waals surface area contributed by atoms with Crippen molar-refractivity contribution in [2.45, 2.75) is 16.6 Å². The van der Waals surface area contributed by atoms with Gasteiger partial charge in [0.1, 0.15) is 0 Å². The fourth-order valence-corrected chi connectivity index (χ4v) is 4.30. The van der Waals surface area contributed by atoms with Gasteiger partial charge in [0, 0.05) is 18.5 Å². The van der Waals surface area contributed by atoms with Crippen molar-refractivity contribution in [1.82, 2.24) is 0 Å². The zero-order chi connectivity index (χ0) is 11.8. The van der Waals surface area contributed by atoms with Crippen LogP contribution in [0.5, 0.6) is 0 Å². The Bertz CT molecular complexity index is 466. The van der Waals surface area contributed by atoms with Crippen molar-refractivity contribution in [3.8, 4) is 0 Å². The topological polar surface area (TPSA) is 86.2 Å². The minimum atomic E-state index is -3.26. The molecule has 1 aliphatic rings. The molecule has 0 amide bonds. The molecule has 0 bridgehead atoms. The maximum atomic E-state index is 12.2. The quantitative estimate of drug-likeness (QED) is 0.783. The number of rotatable bonds is 4. The van der Waals surface area contributed by atoms with E-state index in [9.17, 15) is 8.42 Å². The van der Waals surface area contributed by atoms with E-state index in [0.717, 1.165) is 0 Å².